The molecule has 5 nitrogen and oxygen atoms in total. The van der Waals surface area contributed by atoms with Gasteiger partial charge in [0.15, 0.2) is 5.17 Å². The van der Waals surface area contributed by atoms with Gasteiger partial charge in [-0.25, -0.2) is 9.79 Å². The van der Waals surface area contributed by atoms with Gasteiger partial charge < -0.3 is 14.8 Å². The molecule has 1 aliphatic rings. The minimum atomic E-state index is -0.379. The Kier molecular flexibility index (Phi) is 5.71. The van der Waals surface area contributed by atoms with Gasteiger partial charge in [-0.3, -0.25) is 0 Å². The van der Waals surface area contributed by atoms with Gasteiger partial charge in [0.2, 0.25) is 0 Å². The van der Waals surface area contributed by atoms with Crippen LogP contribution in [0, 0.1) is 0 Å². The first kappa shape index (κ1) is 17.4. The van der Waals surface area contributed by atoms with Gasteiger partial charge in [-0.1, -0.05) is 23.9 Å². The van der Waals surface area contributed by atoms with Gasteiger partial charge >= 0.3 is 5.97 Å². The lowest BCUT2D eigenvalue weighted by molar-refractivity contribution is -0.143. The van der Waals surface area contributed by atoms with Crippen LogP contribution in [0.2, 0.25) is 0 Å². The number of esters is 1. The Hall–Kier alpha value is -1.95. The van der Waals surface area contributed by atoms with Gasteiger partial charge in [0.05, 0.1) is 18.8 Å². The number of benzene rings is 1. The van der Waals surface area contributed by atoms with Gasteiger partial charge in [0.1, 0.15) is 11.8 Å². The lowest BCUT2D eigenvalue weighted by atomic mass is 9.96. The van der Waals surface area contributed by atoms with Crippen molar-refractivity contribution in [2.75, 3.05) is 13.4 Å². The van der Waals surface area contributed by atoms with Crippen molar-refractivity contribution in [1.82, 2.24) is 5.32 Å². The zero-order chi connectivity index (χ0) is 17.0. The number of methoxy groups -OCH3 is 1. The maximum Gasteiger partial charge on any atom is 0.338 e. The lowest BCUT2D eigenvalue weighted by Gasteiger charge is -2.26. The summed E-state index contributed by atoms with van der Waals surface area (Å²) in [5, 5.41) is 3.94. The molecule has 0 aromatic heterocycles. The Bertz CT molecular complexity index is 636. The zero-order valence-corrected chi connectivity index (χ0v) is 14.9. The van der Waals surface area contributed by atoms with Gasteiger partial charge in [0, 0.05) is 5.70 Å². The highest BCUT2D eigenvalue weighted by atomic mass is 32.2. The first-order chi connectivity index (χ1) is 11.0. The zero-order valence-electron chi connectivity index (χ0n) is 14.0. The number of hydrogen-bond donors (Lipinski definition) is 1. The number of carbonyl (C=O) groups excluding carboxylic acids is 1. The van der Waals surface area contributed by atoms with E-state index in [1.807, 2.05) is 51.3 Å². The quantitative estimate of drug-likeness (QED) is 0.856. The van der Waals surface area contributed by atoms with E-state index in [9.17, 15) is 4.79 Å². The van der Waals surface area contributed by atoms with Crippen molar-refractivity contribution >= 4 is 22.9 Å². The number of rotatable bonds is 4. The molecule has 1 aromatic rings. The number of hydrogen-bond acceptors (Lipinski definition) is 6. The number of allylic oxidation sites excluding steroid dienone is 1. The Morgan fingerprint density at radius 2 is 1.96 bits per heavy atom. The fraction of sp³-hybridized carbons (Fsp3) is 0.412. The molecule has 23 heavy (non-hydrogen) atoms. The van der Waals surface area contributed by atoms with Gasteiger partial charge in [0.25, 0.3) is 0 Å². The molecule has 0 unspecified atom stereocenters. The molecule has 0 spiro atoms. The van der Waals surface area contributed by atoms with Crippen LogP contribution in [0.25, 0.3) is 0 Å². The van der Waals surface area contributed by atoms with Crippen LogP contribution < -0.4 is 10.1 Å². The number of nitrogens with one attached hydrogen (secondary N) is 1. The molecule has 0 radical (unpaired) electrons. The molecule has 0 bridgehead atoms. The van der Waals surface area contributed by atoms with E-state index in [2.05, 4.69) is 10.3 Å². The largest absolute Gasteiger partial charge is 0.497 e. The third kappa shape index (κ3) is 4.07. The van der Waals surface area contributed by atoms with E-state index in [0.717, 1.165) is 22.2 Å². The van der Waals surface area contributed by atoms with Crippen molar-refractivity contribution in [2.24, 2.45) is 4.99 Å². The van der Waals surface area contributed by atoms with Gasteiger partial charge in [-0.2, -0.15) is 0 Å². The molecule has 1 heterocycles. The summed E-state index contributed by atoms with van der Waals surface area (Å²) in [6, 6.07) is 7.20. The van der Waals surface area contributed by atoms with Crippen molar-refractivity contribution in [3.05, 3.63) is 41.1 Å². The number of carbonyl (C=O) groups is 1. The van der Waals surface area contributed by atoms with E-state index in [0.29, 0.717) is 5.57 Å². The standard InChI is InChI=1S/C17H22N2O3S/c1-10(2)22-16(20)14-11(3)18-17(23-5)19-15(14)12-6-8-13(21-4)9-7-12/h6-10,15H,1-5H3,(H,18,19)/t15-/m1/s1. The van der Waals surface area contributed by atoms with E-state index in [4.69, 9.17) is 9.47 Å². The van der Waals surface area contributed by atoms with E-state index < -0.39 is 0 Å². The van der Waals surface area contributed by atoms with E-state index in [-0.39, 0.29) is 18.1 Å². The average Bonchev–Trinajstić information content (AvgIpc) is 2.53. The van der Waals surface area contributed by atoms with Crippen LogP contribution in [0.1, 0.15) is 32.4 Å². The molecule has 2 rings (SSSR count). The molecule has 0 saturated heterocycles. The molecule has 0 saturated carbocycles. The SMILES string of the molecule is COc1ccc([C@H]2N=C(SC)NC(C)=C2C(=O)OC(C)C)cc1. The molecule has 1 N–H and O–H groups in total. The van der Waals surface area contributed by atoms with Gasteiger partial charge in [-0.05, 0) is 44.7 Å². The molecule has 0 aliphatic carbocycles. The molecule has 0 fully saturated rings. The summed E-state index contributed by atoms with van der Waals surface area (Å²) in [4.78, 5) is 17.2. The van der Waals surface area contributed by atoms with Crippen LogP contribution in [0.5, 0.6) is 5.75 Å². The summed E-state index contributed by atoms with van der Waals surface area (Å²) >= 11 is 1.51. The molecule has 0 amide bonds. The third-order valence-electron chi connectivity index (χ3n) is 3.41. The summed E-state index contributed by atoms with van der Waals surface area (Å²) < 4.78 is 10.6. The highest BCUT2D eigenvalue weighted by Gasteiger charge is 2.30. The van der Waals surface area contributed by atoms with Crippen molar-refractivity contribution in [3.63, 3.8) is 0 Å². The maximum absolute atomic E-state index is 12.5. The van der Waals surface area contributed by atoms with Crippen molar-refractivity contribution in [2.45, 2.75) is 32.9 Å². The maximum atomic E-state index is 12.5. The highest BCUT2D eigenvalue weighted by molar-refractivity contribution is 8.13. The average molecular weight is 334 g/mol. The second kappa shape index (κ2) is 7.55. The summed E-state index contributed by atoms with van der Waals surface area (Å²) in [6.45, 7) is 5.55. The monoisotopic (exact) mass is 334 g/mol. The Morgan fingerprint density at radius 1 is 1.30 bits per heavy atom. The number of nitrogens with zero attached hydrogens (tertiary/aromatic N) is 1. The first-order valence-corrected chi connectivity index (χ1v) is 8.63. The van der Waals surface area contributed by atoms with Crippen LogP contribution in [-0.4, -0.2) is 30.6 Å². The number of thioether (sulfide) groups is 1. The molecular formula is C17H22N2O3S. The number of amidine groups is 1. The first-order valence-electron chi connectivity index (χ1n) is 7.40. The Labute approximate surface area is 141 Å². The van der Waals surface area contributed by atoms with Gasteiger partial charge in [-0.15, -0.1) is 0 Å². The van der Waals surface area contributed by atoms with E-state index >= 15 is 0 Å². The van der Waals surface area contributed by atoms with E-state index in [1.165, 1.54) is 11.8 Å². The molecule has 1 aliphatic heterocycles. The van der Waals surface area contributed by atoms with Crippen LogP contribution in [0.4, 0.5) is 0 Å². The Morgan fingerprint density at radius 3 is 2.48 bits per heavy atom. The predicted molar refractivity (Wildman–Crippen MR) is 93.7 cm³/mol. The second-order valence-electron chi connectivity index (χ2n) is 5.43. The fourth-order valence-electron chi connectivity index (χ4n) is 2.32. The molecule has 6 heteroatoms. The predicted octanol–water partition coefficient (Wildman–Crippen LogP) is 3.28. The minimum absolute atomic E-state index is 0.176. The molecule has 1 aromatic carbocycles. The summed E-state index contributed by atoms with van der Waals surface area (Å²) in [5.74, 6) is 0.429. The summed E-state index contributed by atoms with van der Waals surface area (Å²) in [6.07, 6.45) is 1.77. The normalized spacial score (nSPS) is 17.7. The smallest absolute Gasteiger partial charge is 0.338 e. The summed E-state index contributed by atoms with van der Waals surface area (Å²) in [5.41, 5.74) is 2.24. The van der Waals surface area contributed by atoms with Crippen LogP contribution in [-0.2, 0) is 9.53 Å². The van der Waals surface area contributed by atoms with E-state index in [1.54, 1.807) is 7.11 Å². The summed E-state index contributed by atoms with van der Waals surface area (Å²) in [7, 11) is 1.62. The van der Waals surface area contributed by atoms with Crippen molar-refractivity contribution in [3.8, 4) is 5.75 Å². The lowest BCUT2D eigenvalue weighted by Crippen LogP contribution is -2.31. The van der Waals surface area contributed by atoms with Crippen molar-refractivity contribution < 1.29 is 14.3 Å². The van der Waals surface area contributed by atoms with Crippen molar-refractivity contribution in [1.29, 1.82) is 0 Å². The molecule has 1 atom stereocenters. The second-order valence-corrected chi connectivity index (χ2v) is 6.23. The third-order valence-corrected chi connectivity index (χ3v) is 4.00. The molecular weight excluding hydrogens is 312 g/mol. The highest BCUT2D eigenvalue weighted by Crippen LogP contribution is 2.33. The van der Waals surface area contributed by atoms with Crippen LogP contribution in [0.3, 0.4) is 0 Å². The minimum Gasteiger partial charge on any atom is -0.497 e. The number of aliphatic imine (C=N–C) groups is 1. The number of ether oxygens (including phenoxy) is 2. The van der Waals surface area contributed by atoms with Crippen LogP contribution >= 0.6 is 11.8 Å². The Balaban J connectivity index is 2.41. The topological polar surface area (TPSA) is 59.9 Å². The molecule has 124 valence electrons. The van der Waals surface area contributed by atoms with Crippen LogP contribution in [0.15, 0.2) is 40.5 Å². The fourth-order valence-corrected chi connectivity index (χ4v) is 2.79.